The van der Waals surface area contributed by atoms with Gasteiger partial charge in [0.05, 0.1) is 12.2 Å². The van der Waals surface area contributed by atoms with Gasteiger partial charge in [0.25, 0.3) is 0 Å². The predicted octanol–water partition coefficient (Wildman–Crippen LogP) is 0.723. The molecule has 0 aromatic rings. The number of nitrogens with one attached hydrogen (secondary N) is 1. The molecule has 0 aliphatic heterocycles. The summed E-state index contributed by atoms with van der Waals surface area (Å²) in [5.74, 6) is -1.91. The maximum Gasteiger partial charge on any atom is 0.389 e. The number of alkyl halides is 3. The van der Waals surface area contributed by atoms with Crippen LogP contribution in [0.15, 0.2) is 0 Å². The predicted molar refractivity (Wildman–Crippen MR) is 49.3 cm³/mol. The Labute approximate surface area is 90.7 Å². The van der Waals surface area contributed by atoms with Crippen molar-refractivity contribution in [1.29, 1.82) is 0 Å². The number of carbonyl (C=O) groups is 1. The van der Waals surface area contributed by atoms with Crippen LogP contribution in [0.4, 0.5) is 13.2 Å². The second-order valence-electron chi connectivity index (χ2n) is 3.08. The lowest BCUT2D eigenvalue weighted by Gasteiger charge is -2.07. The maximum atomic E-state index is 11.7. The van der Waals surface area contributed by atoms with Crippen molar-refractivity contribution < 1.29 is 31.5 Å². The van der Waals surface area contributed by atoms with E-state index in [0.717, 1.165) is 0 Å². The number of sulfonamides is 1. The van der Waals surface area contributed by atoms with E-state index in [4.69, 9.17) is 5.11 Å². The molecule has 0 aromatic carbocycles. The third-order valence-electron chi connectivity index (χ3n) is 1.54. The summed E-state index contributed by atoms with van der Waals surface area (Å²) in [5, 5.41) is 8.21. The lowest BCUT2D eigenvalue weighted by atomic mass is 10.3. The van der Waals surface area contributed by atoms with Crippen molar-refractivity contribution in [3.63, 3.8) is 0 Å². The van der Waals surface area contributed by atoms with Gasteiger partial charge < -0.3 is 5.11 Å². The van der Waals surface area contributed by atoms with Gasteiger partial charge in [0.1, 0.15) is 0 Å². The van der Waals surface area contributed by atoms with Crippen molar-refractivity contribution in [2.45, 2.75) is 25.4 Å². The minimum atomic E-state index is -4.31. The van der Waals surface area contributed by atoms with Crippen LogP contribution in [0.2, 0.25) is 0 Å². The summed E-state index contributed by atoms with van der Waals surface area (Å²) in [7, 11) is -3.79. The molecule has 96 valence electrons. The first-order chi connectivity index (χ1) is 7.12. The van der Waals surface area contributed by atoms with Crippen molar-refractivity contribution in [3.05, 3.63) is 0 Å². The number of halogens is 3. The molecule has 0 saturated heterocycles. The summed E-state index contributed by atoms with van der Waals surface area (Å²) in [4.78, 5) is 10.1. The normalized spacial score (nSPS) is 12.7. The first kappa shape index (κ1) is 15.2. The molecule has 0 saturated carbocycles. The van der Waals surface area contributed by atoms with E-state index in [1.54, 1.807) is 0 Å². The minimum absolute atomic E-state index is 0.346. The topological polar surface area (TPSA) is 83.5 Å². The molecule has 2 N–H and O–H groups in total. The zero-order valence-electron chi connectivity index (χ0n) is 8.25. The highest BCUT2D eigenvalue weighted by atomic mass is 32.2. The molecule has 0 rings (SSSR count). The van der Waals surface area contributed by atoms with Gasteiger partial charge in [-0.2, -0.15) is 13.2 Å². The molecule has 0 aliphatic rings. The van der Waals surface area contributed by atoms with Crippen LogP contribution in [-0.2, 0) is 14.8 Å². The third kappa shape index (κ3) is 9.71. The van der Waals surface area contributed by atoms with E-state index in [-0.39, 0.29) is 13.0 Å². The van der Waals surface area contributed by atoms with Crippen LogP contribution >= 0.6 is 0 Å². The lowest BCUT2D eigenvalue weighted by molar-refractivity contribution is -0.136. The summed E-state index contributed by atoms with van der Waals surface area (Å²) in [6.07, 6.45) is -6.33. The Hall–Kier alpha value is -0.830. The highest BCUT2D eigenvalue weighted by molar-refractivity contribution is 7.89. The Kier molecular flexibility index (Phi) is 5.73. The average Bonchev–Trinajstić information content (AvgIpc) is 2.08. The van der Waals surface area contributed by atoms with Crippen LogP contribution in [0, 0.1) is 0 Å². The molecular weight excluding hydrogens is 251 g/mol. The monoisotopic (exact) mass is 263 g/mol. The molecule has 0 unspecified atom stereocenters. The van der Waals surface area contributed by atoms with Crippen molar-refractivity contribution in [3.8, 4) is 0 Å². The zero-order chi connectivity index (χ0) is 12.8. The standard InChI is InChI=1S/C7H12F3NO4S/c8-7(9,10)3-1-4-11-16(14,15)5-2-6(12)13/h11H,1-5H2,(H,12,13). The van der Waals surface area contributed by atoms with E-state index in [2.05, 4.69) is 0 Å². The molecule has 0 aliphatic carbocycles. The fourth-order valence-electron chi connectivity index (χ4n) is 0.810. The molecule has 0 fully saturated rings. The van der Waals surface area contributed by atoms with E-state index >= 15 is 0 Å². The van der Waals surface area contributed by atoms with Crippen LogP contribution < -0.4 is 4.72 Å². The second-order valence-corrected chi connectivity index (χ2v) is 5.00. The SMILES string of the molecule is O=C(O)CCS(=O)(=O)NCCCC(F)(F)F. The Bertz CT molecular complexity index is 325. The first-order valence-corrected chi connectivity index (χ1v) is 6.03. The summed E-state index contributed by atoms with van der Waals surface area (Å²) in [6.45, 7) is -0.346. The fourth-order valence-corrected chi connectivity index (χ4v) is 1.85. The van der Waals surface area contributed by atoms with Gasteiger partial charge in [-0.3, -0.25) is 4.79 Å². The van der Waals surface area contributed by atoms with E-state index in [1.807, 2.05) is 4.72 Å². The summed E-state index contributed by atoms with van der Waals surface area (Å²) >= 11 is 0. The number of aliphatic carboxylic acids is 1. The fraction of sp³-hybridized carbons (Fsp3) is 0.857. The summed E-state index contributed by atoms with van der Waals surface area (Å²) in [6, 6.07) is 0. The Morgan fingerprint density at radius 2 is 1.88 bits per heavy atom. The van der Waals surface area contributed by atoms with Gasteiger partial charge in [-0.25, -0.2) is 13.1 Å². The molecule has 0 bridgehead atoms. The maximum absolute atomic E-state index is 11.7. The van der Waals surface area contributed by atoms with Crippen molar-refractivity contribution in [2.75, 3.05) is 12.3 Å². The molecule has 16 heavy (non-hydrogen) atoms. The largest absolute Gasteiger partial charge is 0.481 e. The van der Waals surface area contributed by atoms with E-state index in [9.17, 15) is 26.4 Å². The minimum Gasteiger partial charge on any atom is -0.481 e. The van der Waals surface area contributed by atoms with E-state index in [1.165, 1.54) is 0 Å². The van der Waals surface area contributed by atoms with Crippen LogP contribution in [-0.4, -0.2) is 38.0 Å². The Balaban J connectivity index is 3.79. The van der Waals surface area contributed by atoms with Gasteiger partial charge in [0, 0.05) is 13.0 Å². The molecule has 9 heteroatoms. The zero-order valence-corrected chi connectivity index (χ0v) is 9.07. The molecular formula is C7H12F3NO4S. The lowest BCUT2D eigenvalue weighted by Crippen LogP contribution is -2.29. The van der Waals surface area contributed by atoms with Crippen LogP contribution in [0.1, 0.15) is 19.3 Å². The van der Waals surface area contributed by atoms with Gasteiger partial charge in [-0.1, -0.05) is 0 Å². The number of hydrogen-bond acceptors (Lipinski definition) is 3. The number of carboxylic acid groups (broad SMARTS) is 1. The summed E-state index contributed by atoms with van der Waals surface area (Å²) in [5.41, 5.74) is 0. The van der Waals surface area contributed by atoms with Gasteiger partial charge in [-0.15, -0.1) is 0 Å². The molecule has 0 spiro atoms. The molecule has 0 amide bonds. The highest BCUT2D eigenvalue weighted by Gasteiger charge is 2.26. The molecule has 0 heterocycles. The van der Waals surface area contributed by atoms with E-state index < -0.39 is 40.8 Å². The molecule has 0 aromatic heterocycles. The molecule has 0 atom stereocenters. The number of rotatable bonds is 7. The Morgan fingerprint density at radius 3 is 2.31 bits per heavy atom. The van der Waals surface area contributed by atoms with Crippen LogP contribution in [0.25, 0.3) is 0 Å². The third-order valence-corrected chi connectivity index (χ3v) is 2.93. The number of carboxylic acids is 1. The second kappa shape index (κ2) is 6.04. The van der Waals surface area contributed by atoms with E-state index in [0.29, 0.717) is 0 Å². The molecule has 0 radical (unpaired) electrons. The smallest absolute Gasteiger partial charge is 0.389 e. The van der Waals surface area contributed by atoms with Gasteiger partial charge in [0.15, 0.2) is 0 Å². The van der Waals surface area contributed by atoms with Gasteiger partial charge in [0.2, 0.25) is 10.0 Å². The van der Waals surface area contributed by atoms with Gasteiger partial charge >= 0.3 is 12.1 Å². The highest BCUT2D eigenvalue weighted by Crippen LogP contribution is 2.20. The van der Waals surface area contributed by atoms with Crippen LogP contribution in [0.3, 0.4) is 0 Å². The van der Waals surface area contributed by atoms with Crippen LogP contribution in [0.5, 0.6) is 0 Å². The number of hydrogen-bond donors (Lipinski definition) is 2. The van der Waals surface area contributed by atoms with Crippen molar-refractivity contribution in [1.82, 2.24) is 4.72 Å². The van der Waals surface area contributed by atoms with Crippen molar-refractivity contribution >= 4 is 16.0 Å². The average molecular weight is 263 g/mol. The molecule has 5 nitrogen and oxygen atoms in total. The Morgan fingerprint density at radius 1 is 1.31 bits per heavy atom. The van der Waals surface area contributed by atoms with Crippen molar-refractivity contribution in [2.24, 2.45) is 0 Å². The van der Waals surface area contributed by atoms with Gasteiger partial charge in [-0.05, 0) is 6.42 Å². The quantitative estimate of drug-likeness (QED) is 0.663. The summed E-state index contributed by atoms with van der Waals surface area (Å²) < 4.78 is 58.9. The first-order valence-electron chi connectivity index (χ1n) is 4.38.